The molecule has 0 atom stereocenters. The van der Waals surface area contributed by atoms with Crippen LogP contribution in [-0.4, -0.2) is 55.6 Å². The van der Waals surface area contributed by atoms with Crippen molar-refractivity contribution >= 4 is 22.6 Å². The number of ether oxygens (including phenoxy) is 1. The van der Waals surface area contributed by atoms with Crippen molar-refractivity contribution < 1.29 is 27.8 Å². The van der Waals surface area contributed by atoms with Gasteiger partial charge in [0.05, 0.1) is 23.4 Å². The largest absolute Gasteiger partial charge is 0.490 e. The molecule has 1 aliphatic rings. The number of pyridine rings is 1. The van der Waals surface area contributed by atoms with E-state index in [-0.39, 0.29) is 5.41 Å². The molecule has 1 saturated heterocycles. The molecule has 0 spiro atoms. The Morgan fingerprint density at radius 1 is 1.37 bits per heavy atom. The smallest absolute Gasteiger partial charge is 0.475 e. The molecule has 10 heteroatoms. The van der Waals surface area contributed by atoms with Gasteiger partial charge in [-0.15, -0.1) is 0 Å². The summed E-state index contributed by atoms with van der Waals surface area (Å²) in [5, 5.41) is 24.5. The fraction of sp³-hybridized carbons (Fsp3) is 0.450. The predicted octanol–water partition coefficient (Wildman–Crippen LogP) is 3.17. The van der Waals surface area contributed by atoms with Crippen molar-refractivity contribution in [3.63, 3.8) is 0 Å². The number of aromatic nitrogens is 1. The number of nitrogens with one attached hydrogen (secondary N) is 2. The van der Waals surface area contributed by atoms with E-state index in [2.05, 4.69) is 21.7 Å². The first-order valence-corrected chi connectivity index (χ1v) is 9.24. The quantitative estimate of drug-likeness (QED) is 0.677. The Hall–Kier alpha value is -2.90. The number of carboxylic acids is 1. The third kappa shape index (κ3) is 6.05. The monoisotopic (exact) mass is 424 g/mol. The summed E-state index contributed by atoms with van der Waals surface area (Å²) in [5.41, 5.74) is 2.48. The molecule has 7 nitrogen and oxygen atoms in total. The molecule has 3 N–H and O–H groups in total. The molecule has 2 aromatic rings. The Kier molecular flexibility index (Phi) is 7.97. The number of nitriles is 1. The third-order valence-corrected chi connectivity index (χ3v) is 4.89. The Balaban J connectivity index is 0.000000396. The summed E-state index contributed by atoms with van der Waals surface area (Å²) in [6.07, 6.45) is -1.30. The number of anilines is 1. The van der Waals surface area contributed by atoms with Crippen molar-refractivity contribution in [2.45, 2.75) is 19.0 Å². The van der Waals surface area contributed by atoms with Gasteiger partial charge in [-0.3, -0.25) is 4.98 Å². The van der Waals surface area contributed by atoms with Gasteiger partial charge in [-0.2, -0.15) is 18.4 Å². The van der Waals surface area contributed by atoms with Gasteiger partial charge in [0.2, 0.25) is 0 Å². The maximum absolute atomic E-state index is 10.6. The lowest BCUT2D eigenvalue weighted by atomic mass is 9.79. The predicted molar refractivity (Wildman–Crippen MR) is 105 cm³/mol. The number of carboxylic acid groups (broad SMARTS) is 1. The second-order valence-electron chi connectivity index (χ2n) is 7.02. The number of hydrogen-bond donors (Lipinski definition) is 3. The van der Waals surface area contributed by atoms with Gasteiger partial charge in [-0.05, 0) is 32.0 Å². The molecule has 0 amide bonds. The molecule has 3 rings (SSSR count). The summed E-state index contributed by atoms with van der Waals surface area (Å²) in [4.78, 5) is 13.3. The van der Waals surface area contributed by atoms with Gasteiger partial charge in [0.1, 0.15) is 6.07 Å². The minimum atomic E-state index is -5.08. The molecule has 1 fully saturated rings. The highest BCUT2D eigenvalue weighted by molar-refractivity contribution is 5.93. The number of fused-ring (bicyclic) bond motifs is 1. The molecule has 162 valence electrons. The standard InChI is InChI=1S/C18H22N4O.C2HF3O2/c1-23-13-18(6-8-20-9-7-18)12-22-17-14(10-19)11-21-16-5-3-2-4-15(16)17;3-2(4,5)1(6)7/h2-5,11,20H,6-9,12-13H2,1H3,(H,21,22);(H,6,7). The van der Waals surface area contributed by atoms with E-state index in [1.54, 1.807) is 13.3 Å². The molecule has 0 radical (unpaired) electrons. The molecule has 2 heterocycles. The number of nitrogens with zero attached hydrogens (tertiary/aromatic N) is 2. The van der Waals surface area contributed by atoms with Crippen LogP contribution in [0, 0.1) is 16.7 Å². The molecular weight excluding hydrogens is 401 g/mol. The number of hydrogen-bond acceptors (Lipinski definition) is 6. The Morgan fingerprint density at radius 3 is 2.57 bits per heavy atom. The zero-order chi connectivity index (χ0) is 22.2. The van der Waals surface area contributed by atoms with Crippen LogP contribution in [0.2, 0.25) is 0 Å². The van der Waals surface area contributed by atoms with Gasteiger partial charge in [0.25, 0.3) is 0 Å². The third-order valence-electron chi connectivity index (χ3n) is 4.89. The van der Waals surface area contributed by atoms with Crippen LogP contribution in [0.5, 0.6) is 0 Å². The average molecular weight is 424 g/mol. The van der Waals surface area contributed by atoms with E-state index in [0.717, 1.165) is 55.7 Å². The second kappa shape index (κ2) is 10.2. The van der Waals surface area contributed by atoms with E-state index >= 15 is 0 Å². The Morgan fingerprint density at radius 2 is 2.00 bits per heavy atom. The number of aliphatic carboxylic acids is 1. The number of methoxy groups -OCH3 is 1. The zero-order valence-electron chi connectivity index (χ0n) is 16.4. The summed E-state index contributed by atoms with van der Waals surface area (Å²) >= 11 is 0. The summed E-state index contributed by atoms with van der Waals surface area (Å²) in [5.74, 6) is -2.76. The van der Waals surface area contributed by atoms with Crippen molar-refractivity contribution in [2.24, 2.45) is 5.41 Å². The normalized spacial score (nSPS) is 15.6. The van der Waals surface area contributed by atoms with Crippen molar-refractivity contribution in [2.75, 3.05) is 38.7 Å². The van der Waals surface area contributed by atoms with Crippen LogP contribution in [0.1, 0.15) is 18.4 Å². The topological polar surface area (TPSA) is 107 Å². The van der Waals surface area contributed by atoms with Gasteiger partial charge >= 0.3 is 12.1 Å². The van der Waals surface area contributed by atoms with Crippen molar-refractivity contribution in [3.8, 4) is 6.07 Å². The minimum absolute atomic E-state index is 0.108. The number of para-hydroxylation sites is 1. The highest BCUT2D eigenvalue weighted by atomic mass is 19.4. The lowest BCUT2D eigenvalue weighted by Crippen LogP contribution is -2.44. The molecule has 30 heavy (non-hydrogen) atoms. The Bertz CT molecular complexity index is 901. The fourth-order valence-electron chi connectivity index (χ4n) is 3.33. The zero-order valence-corrected chi connectivity index (χ0v) is 16.4. The molecule has 0 bridgehead atoms. The van der Waals surface area contributed by atoms with E-state index in [1.165, 1.54) is 0 Å². The lowest BCUT2D eigenvalue weighted by Gasteiger charge is -2.37. The first-order valence-electron chi connectivity index (χ1n) is 9.24. The maximum atomic E-state index is 10.6. The SMILES string of the molecule is COCC1(CNc2c(C#N)cnc3ccccc23)CCNCC1.O=C(O)C(F)(F)F. The second-order valence-corrected chi connectivity index (χ2v) is 7.02. The highest BCUT2D eigenvalue weighted by Crippen LogP contribution is 2.32. The number of carbonyl (C=O) groups is 1. The number of piperidine rings is 1. The van der Waals surface area contributed by atoms with Crippen LogP contribution < -0.4 is 10.6 Å². The first kappa shape index (κ1) is 23.4. The fourth-order valence-corrected chi connectivity index (χ4v) is 3.33. The van der Waals surface area contributed by atoms with Crippen molar-refractivity contribution in [1.82, 2.24) is 10.3 Å². The first-order chi connectivity index (χ1) is 14.2. The highest BCUT2D eigenvalue weighted by Gasteiger charge is 2.38. The van der Waals surface area contributed by atoms with Crippen LogP contribution in [0.3, 0.4) is 0 Å². The summed E-state index contributed by atoms with van der Waals surface area (Å²) in [6.45, 7) is 3.54. The van der Waals surface area contributed by atoms with Gasteiger partial charge in [0, 0.05) is 30.7 Å². The molecule has 0 saturated carbocycles. The van der Waals surface area contributed by atoms with E-state index in [1.807, 2.05) is 24.3 Å². The van der Waals surface area contributed by atoms with Crippen LogP contribution in [0.4, 0.5) is 18.9 Å². The average Bonchev–Trinajstić information content (AvgIpc) is 2.72. The Labute approximate surface area is 171 Å². The molecule has 1 aromatic carbocycles. The maximum Gasteiger partial charge on any atom is 0.490 e. The number of halogens is 3. The summed E-state index contributed by atoms with van der Waals surface area (Å²) in [7, 11) is 1.76. The van der Waals surface area contributed by atoms with E-state index in [0.29, 0.717) is 5.56 Å². The van der Waals surface area contributed by atoms with Gasteiger partial charge in [0.15, 0.2) is 0 Å². The van der Waals surface area contributed by atoms with Crippen LogP contribution >= 0.6 is 0 Å². The van der Waals surface area contributed by atoms with Gasteiger partial charge in [-0.1, -0.05) is 18.2 Å². The van der Waals surface area contributed by atoms with E-state index in [9.17, 15) is 18.4 Å². The van der Waals surface area contributed by atoms with Crippen molar-refractivity contribution in [3.05, 3.63) is 36.0 Å². The van der Waals surface area contributed by atoms with Crippen molar-refractivity contribution in [1.29, 1.82) is 5.26 Å². The summed E-state index contributed by atoms with van der Waals surface area (Å²) in [6, 6.07) is 10.2. The van der Waals surface area contributed by atoms with Crippen LogP contribution in [0.25, 0.3) is 10.9 Å². The van der Waals surface area contributed by atoms with E-state index < -0.39 is 12.1 Å². The van der Waals surface area contributed by atoms with Crippen LogP contribution in [0.15, 0.2) is 30.5 Å². The number of alkyl halides is 3. The van der Waals surface area contributed by atoms with Gasteiger partial charge in [-0.25, -0.2) is 4.79 Å². The molecule has 1 aliphatic heterocycles. The minimum Gasteiger partial charge on any atom is -0.475 e. The van der Waals surface area contributed by atoms with E-state index in [4.69, 9.17) is 14.6 Å². The number of benzene rings is 1. The summed E-state index contributed by atoms with van der Waals surface area (Å²) < 4.78 is 37.2. The molecular formula is C20H23F3N4O3. The van der Waals surface area contributed by atoms with Crippen LogP contribution in [-0.2, 0) is 9.53 Å². The number of rotatable bonds is 5. The molecule has 0 aliphatic carbocycles. The molecule has 0 unspecified atom stereocenters. The molecule has 1 aromatic heterocycles. The lowest BCUT2D eigenvalue weighted by molar-refractivity contribution is -0.192. The van der Waals surface area contributed by atoms with Gasteiger partial charge < -0.3 is 20.5 Å².